The Morgan fingerprint density at radius 1 is 1.29 bits per heavy atom. The van der Waals surface area contributed by atoms with Crippen LogP contribution in [-0.4, -0.2) is 12.6 Å². The normalized spacial score (nSPS) is 18.9. The molecular weight excluding hydrogens is 176 g/mol. The van der Waals surface area contributed by atoms with Gasteiger partial charge in [-0.1, -0.05) is 45.1 Å². The van der Waals surface area contributed by atoms with E-state index < -0.39 is 13.7 Å². The van der Waals surface area contributed by atoms with Gasteiger partial charge in [-0.05, 0) is 12.8 Å². The van der Waals surface area contributed by atoms with E-state index >= 15 is 0 Å². The van der Waals surface area contributed by atoms with Gasteiger partial charge in [0.15, 0.2) is 0 Å². The first-order valence-electron chi connectivity index (χ1n) is 7.91. The van der Waals surface area contributed by atoms with Crippen molar-refractivity contribution >= 4 is 5.97 Å². The van der Waals surface area contributed by atoms with Crippen LogP contribution in [-0.2, 0) is 9.53 Å². The molecule has 0 unspecified atom stereocenters. The second kappa shape index (κ2) is 10.3. The number of allylic oxidation sites excluding steroid dienone is 1. The Morgan fingerprint density at radius 3 is 2.93 bits per heavy atom. The molecule has 0 N–H and O–H groups in total. The maximum atomic E-state index is 11.3. The number of rotatable bonds is 8. The molecule has 0 radical (unpaired) electrons. The molecule has 0 atom stereocenters. The largest absolute Gasteiger partial charge is 0.461 e. The molecule has 0 aliphatic rings. The quantitative estimate of drug-likeness (QED) is 0.344. The molecule has 0 aromatic heterocycles. The smallest absolute Gasteiger partial charge is 0.306 e. The summed E-state index contributed by atoms with van der Waals surface area (Å²) in [6.07, 6.45) is 5.11. The molecule has 14 heavy (non-hydrogen) atoms. The molecule has 0 fully saturated rings. The molecule has 0 aromatic carbocycles. The van der Waals surface area contributed by atoms with Crippen molar-refractivity contribution in [2.24, 2.45) is 0 Å². The zero-order chi connectivity index (χ0) is 15.6. The van der Waals surface area contributed by atoms with Crippen molar-refractivity contribution in [2.75, 3.05) is 6.61 Å². The minimum Gasteiger partial charge on any atom is -0.461 e. The second-order valence-corrected chi connectivity index (χ2v) is 2.90. The van der Waals surface area contributed by atoms with Crippen molar-refractivity contribution in [3.05, 3.63) is 12.2 Å². The molecular formula is C12H22O2. The van der Waals surface area contributed by atoms with Gasteiger partial charge in [0.1, 0.15) is 6.61 Å². The number of hydrogen-bond donors (Lipinski definition) is 0. The molecule has 2 heteroatoms. The number of carbonyl (C=O) groups excluding carboxylic acids is 1. The summed E-state index contributed by atoms with van der Waals surface area (Å²) < 4.78 is 46.9. The average Bonchev–Trinajstić information content (AvgIpc) is 2.26. The van der Waals surface area contributed by atoms with Crippen LogP contribution in [0.15, 0.2) is 12.2 Å². The molecule has 0 saturated carbocycles. The van der Waals surface area contributed by atoms with Crippen molar-refractivity contribution in [3.8, 4) is 0 Å². The van der Waals surface area contributed by atoms with Crippen LogP contribution in [0.2, 0.25) is 0 Å². The molecule has 0 aliphatic carbocycles. The van der Waals surface area contributed by atoms with Gasteiger partial charge < -0.3 is 4.74 Å². The highest BCUT2D eigenvalue weighted by Crippen LogP contribution is 2.00. The molecule has 0 rings (SSSR count). The number of esters is 1. The van der Waals surface area contributed by atoms with Gasteiger partial charge in [-0.25, -0.2) is 0 Å². The van der Waals surface area contributed by atoms with Gasteiger partial charge in [-0.2, -0.15) is 0 Å². The lowest BCUT2D eigenvalue weighted by Crippen LogP contribution is -2.03. The van der Waals surface area contributed by atoms with Crippen LogP contribution in [0.1, 0.15) is 60.5 Å². The van der Waals surface area contributed by atoms with Crippen molar-refractivity contribution in [1.82, 2.24) is 0 Å². The monoisotopic (exact) mass is 204 g/mol. The van der Waals surface area contributed by atoms with Crippen molar-refractivity contribution in [1.29, 1.82) is 0 Å². The fourth-order valence-corrected chi connectivity index (χ4v) is 0.877. The minimum atomic E-state index is -1.94. The first-order valence-corrected chi connectivity index (χ1v) is 4.91. The van der Waals surface area contributed by atoms with E-state index in [1.54, 1.807) is 12.2 Å². The van der Waals surface area contributed by atoms with Gasteiger partial charge in [-0.3, -0.25) is 4.79 Å². The number of unbranched alkanes of at least 4 members (excludes halogenated alkanes) is 1. The third kappa shape index (κ3) is 9.30. The summed E-state index contributed by atoms with van der Waals surface area (Å²) in [6.45, 7) is -3.74. The Morgan fingerprint density at radius 2 is 2.14 bits per heavy atom. The maximum Gasteiger partial charge on any atom is 0.306 e. The summed E-state index contributed by atoms with van der Waals surface area (Å²) >= 11 is 0. The molecule has 0 aromatic rings. The molecule has 0 heterocycles. The lowest BCUT2D eigenvalue weighted by Gasteiger charge is -2.00. The minimum absolute atomic E-state index is 0.104. The topological polar surface area (TPSA) is 26.3 Å². The van der Waals surface area contributed by atoms with E-state index in [2.05, 4.69) is 0 Å². The lowest BCUT2D eigenvalue weighted by atomic mass is 10.2. The first-order chi connectivity index (χ1) is 9.10. The van der Waals surface area contributed by atoms with E-state index in [0.29, 0.717) is 19.3 Å². The molecule has 0 saturated heterocycles. The SMILES string of the molecule is [2H]C([2H])([2H])CC/C=C/COC(=O)CCCCC([2H])([2H])[2H]. The number of hydrogen-bond acceptors (Lipinski definition) is 2. The van der Waals surface area contributed by atoms with E-state index in [0.717, 1.165) is 0 Å². The molecule has 2 nitrogen and oxygen atoms in total. The Labute approximate surface area is 95.8 Å². The highest BCUT2D eigenvalue weighted by Gasteiger charge is 1.99. The predicted molar refractivity (Wildman–Crippen MR) is 59.1 cm³/mol. The van der Waals surface area contributed by atoms with E-state index in [4.69, 9.17) is 13.0 Å². The van der Waals surface area contributed by atoms with Crippen LogP contribution >= 0.6 is 0 Å². The highest BCUT2D eigenvalue weighted by atomic mass is 16.5. The number of carbonyl (C=O) groups is 1. The molecule has 0 bridgehead atoms. The summed E-state index contributed by atoms with van der Waals surface area (Å²) in [6, 6.07) is 0. The van der Waals surface area contributed by atoms with E-state index in [1.165, 1.54) is 0 Å². The van der Waals surface area contributed by atoms with E-state index in [-0.39, 0.29) is 31.8 Å². The van der Waals surface area contributed by atoms with Crippen LogP contribution in [0, 0.1) is 0 Å². The highest BCUT2D eigenvalue weighted by molar-refractivity contribution is 5.69. The standard InChI is InChI=1S/C12H22O2/c1-3-5-7-9-11-14-12(13)10-8-6-4-2/h7,9H,3-6,8,10-11H2,1-2H3/b9-7+/i1D3,2D3. The fourth-order valence-electron chi connectivity index (χ4n) is 0.877. The van der Waals surface area contributed by atoms with Crippen LogP contribution < -0.4 is 0 Å². The van der Waals surface area contributed by atoms with E-state index in [1.807, 2.05) is 0 Å². The molecule has 82 valence electrons. The van der Waals surface area contributed by atoms with Crippen molar-refractivity contribution in [2.45, 2.75) is 52.2 Å². The summed E-state index contributed by atoms with van der Waals surface area (Å²) in [7, 11) is 0. The van der Waals surface area contributed by atoms with Crippen molar-refractivity contribution < 1.29 is 17.8 Å². The first kappa shape index (κ1) is 5.94. The van der Waals surface area contributed by atoms with Gasteiger partial charge in [0.2, 0.25) is 0 Å². The zero-order valence-electron chi connectivity index (χ0n) is 14.4. The molecule has 0 aliphatic heterocycles. The van der Waals surface area contributed by atoms with Gasteiger partial charge in [0.05, 0.1) is 0 Å². The zero-order valence-corrected chi connectivity index (χ0v) is 8.42. The van der Waals surface area contributed by atoms with Crippen LogP contribution in [0.25, 0.3) is 0 Å². The Hall–Kier alpha value is -0.790. The van der Waals surface area contributed by atoms with Crippen LogP contribution in [0.3, 0.4) is 0 Å². The van der Waals surface area contributed by atoms with Gasteiger partial charge in [0.25, 0.3) is 0 Å². The lowest BCUT2D eigenvalue weighted by molar-refractivity contribution is -0.142. The van der Waals surface area contributed by atoms with Crippen LogP contribution in [0.4, 0.5) is 0 Å². The summed E-state index contributed by atoms with van der Waals surface area (Å²) in [5.41, 5.74) is 0. The van der Waals surface area contributed by atoms with E-state index in [9.17, 15) is 4.79 Å². The summed E-state index contributed by atoms with van der Waals surface area (Å²) in [4.78, 5) is 11.3. The van der Waals surface area contributed by atoms with Crippen molar-refractivity contribution in [3.63, 3.8) is 0 Å². The Balaban J connectivity index is 3.52. The molecule has 0 amide bonds. The Kier molecular flexibility index (Phi) is 4.37. The number of ether oxygens (including phenoxy) is 1. The average molecular weight is 204 g/mol. The third-order valence-electron chi connectivity index (χ3n) is 1.63. The summed E-state index contributed by atoms with van der Waals surface area (Å²) in [5, 5.41) is 0. The van der Waals surface area contributed by atoms with Crippen LogP contribution in [0.5, 0.6) is 0 Å². The summed E-state index contributed by atoms with van der Waals surface area (Å²) in [5.74, 6) is -0.365. The second-order valence-electron chi connectivity index (χ2n) is 2.90. The maximum absolute atomic E-state index is 11.3. The predicted octanol–water partition coefficient (Wildman–Crippen LogP) is 3.47. The van der Waals surface area contributed by atoms with Gasteiger partial charge in [0, 0.05) is 14.6 Å². The fraction of sp³-hybridized carbons (Fsp3) is 0.750. The van der Waals surface area contributed by atoms with Gasteiger partial charge >= 0.3 is 5.97 Å². The molecule has 0 spiro atoms. The third-order valence-corrected chi connectivity index (χ3v) is 1.63. The van der Waals surface area contributed by atoms with Gasteiger partial charge in [-0.15, -0.1) is 0 Å². The Bertz CT molecular complexity index is 306.